The molecular weight excluding hydrogens is 238 g/mol. The zero-order valence-corrected chi connectivity index (χ0v) is 13.2. The quantitative estimate of drug-likeness (QED) is 0.327. The number of unbranched alkanes of at least 4 members (excludes halogenated alkanes) is 2. The van der Waals surface area contributed by atoms with Crippen LogP contribution in [0.2, 0.25) is 0 Å². The van der Waals surface area contributed by atoms with E-state index in [0.717, 1.165) is 51.4 Å². The minimum atomic E-state index is -0.580. The lowest BCUT2D eigenvalue weighted by atomic mass is 9.83. The van der Waals surface area contributed by atoms with Crippen molar-refractivity contribution in [2.24, 2.45) is 17.0 Å². The lowest BCUT2D eigenvalue weighted by Gasteiger charge is -2.26. The lowest BCUT2D eigenvalue weighted by molar-refractivity contribution is 0.146. The molecule has 3 atom stereocenters. The van der Waals surface area contributed by atoms with Crippen LogP contribution in [0.4, 0.5) is 0 Å². The summed E-state index contributed by atoms with van der Waals surface area (Å²) in [4.78, 5) is 0. The fourth-order valence-electron chi connectivity index (χ4n) is 2.69. The number of nitrogens with zero attached hydrogens (tertiary/aromatic N) is 1. The Morgan fingerprint density at radius 1 is 0.947 bits per heavy atom. The highest BCUT2D eigenvalue weighted by Gasteiger charge is 2.27. The first-order chi connectivity index (χ1) is 9.15. The summed E-state index contributed by atoms with van der Waals surface area (Å²) < 4.78 is 0. The van der Waals surface area contributed by atoms with E-state index in [2.05, 4.69) is 32.9 Å². The van der Waals surface area contributed by atoms with Crippen LogP contribution in [0.1, 0.15) is 79.1 Å². The molecule has 0 rings (SSSR count). The molecule has 0 unspecified atom stereocenters. The van der Waals surface area contributed by atoms with Crippen molar-refractivity contribution in [2.75, 3.05) is 0 Å². The second-order valence-electron chi connectivity index (χ2n) is 5.53. The third-order valence-electron chi connectivity index (χ3n) is 4.14. The van der Waals surface area contributed by atoms with Crippen molar-refractivity contribution in [1.29, 1.82) is 0 Å². The molecule has 3 heteroatoms. The fourth-order valence-corrected chi connectivity index (χ4v) is 2.69. The van der Waals surface area contributed by atoms with Gasteiger partial charge in [0.1, 0.15) is 0 Å². The molecule has 0 heterocycles. The Morgan fingerprint density at radius 3 is 1.95 bits per heavy atom. The minimum Gasteiger partial charge on any atom is -0.411 e. The average Bonchev–Trinajstić information content (AvgIpc) is 2.44. The smallest absolute Gasteiger partial charge is 0.0984 e. The standard InChI is InChI=1S/C16H33NO2/c1-5-9-11-13(7-3)15(17-19)16(18)14(8-4)12-10-6-2/h13-14,16,18-19H,5-12H2,1-4H3/b17-15-/t13-,14-,16+/m0/s1. The van der Waals surface area contributed by atoms with Gasteiger partial charge in [-0.15, -0.1) is 0 Å². The summed E-state index contributed by atoms with van der Waals surface area (Å²) in [5.74, 6) is 0.442. The first kappa shape index (κ1) is 18.4. The first-order valence-electron chi connectivity index (χ1n) is 8.05. The van der Waals surface area contributed by atoms with Gasteiger partial charge in [0.05, 0.1) is 11.8 Å². The Balaban J connectivity index is 4.69. The summed E-state index contributed by atoms with van der Waals surface area (Å²) in [6, 6.07) is 0. The molecule has 0 aliphatic heterocycles. The molecule has 0 aliphatic carbocycles. The van der Waals surface area contributed by atoms with Gasteiger partial charge < -0.3 is 10.3 Å². The van der Waals surface area contributed by atoms with E-state index in [4.69, 9.17) is 0 Å². The molecule has 0 saturated carbocycles. The Labute approximate surface area is 119 Å². The number of hydrogen-bond acceptors (Lipinski definition) is 3. The van der Waals surface area contributed by atoms with Crippen molar-refractivity contribution >= 4 is 5.71 Å². The van der Waals surface area contributed by atoms with Gasteiger partial charge in [-0.05, 0) is 25.2 Å². The van der Waals surface area contributed by atoms with Gasteiger partial charge in [0.25, 0.3) is 0 Å². The summed E-state index contributed by atoms with van der Waals surface area (Å²) in [6.45, 7) is 8.53. The van der Waals surface area contributed by atoms with Gasteiger partial charge in [-0.2, -0.15) is 0 Å². The van der Waals surface area contributed by atoms with Crippen molar-refractivity contribution in [2.45, 2.75) is 85.2 Å². The molecule has 0 saturated heterocycles. The molecule has 0 aromatic carbocycles. The summed E-state index contributed by atoms with van der Waals surface area (Å²) >= 11 is 0. The van der Waals surface area contributed by atoms with Gasteiger partial charge in [0, 0.05) is 5.92 Å². The van der Waals surface area contributed by atoms with E-state index in [0.29, 0.717) is 5.71 Å². The van der Waals surface area contributed by atoms with Crippen LogP contribution >= 0.6 is 0 Å². The molecule has 0 bridgehead atoms. The monoisotopic (exact) mass is 271 g/mol. The van der Waals surface area contributed by atoms with Crippen LogP contribution in [-0.2, 0) is 0 Å². The maximum Gasteiger partial charge on any atom is 0.0984 e. The normalized spacial score (nSPS) is 17.2. The largest absolute Gasteiger partial charge is 0.411 e. The minimum absolute atomic E-state index is 0.218. The maximum absolute atomic E-state index is 10.5. The molecule has 19 heavy (non-hydrogen) atoms. The van der Waals surface area contributed by atoms with Gasteiger partial charge in [0.15, 0.2) is 0 Å². The Hall–Kier alpha value is -0.570. The van der Waals surface area contributed by atoms with Crippen molar-refractivity contribution in [3.63, 3.8) is 0 Å². The Kier molecular flexibility index (Phi) is 10.9. The highest BCUT2D eigenvalue weighted by molar-refractivity contribution is 5.90. The number of hydrogen-bond donors (Lipinski definition) is 2. The maximum atomic E-state index is 10.5. The zero-order chi connectivity index (χ0) is 14.7. The predicted molar refractivity (Wildman–Crippen MR) is 81.8 cm³/mol. The number of rotatable bonds is 11. The number of oxime groups is 1. The second kappa shape index (κ2) is 11.3. The van der Waals surface area contributed by atoms with E-state index in [1.807, 2.05) is 0 Å². The average molecular weight is 271 g/mol. The van der Waals surface area contributed by atoms with Crippen molar-refractivity contribution in [3.05, 3.63) is 0 Å². The van der Waals surface area contributed by atoms with Crippen LogP contribution in [-0.4, -0.2) is 22.1 Å². The van der Waals surface area contributed by atoms with E-state index in [9.17, 15) is 10.3 Å². The zero-order valence-electron chi connectivity index (χ0n) is 13.2. The van der Waals surface area contributed by atoms with Gasteiger partial charge in [0.2, 0.25) is 0 Å². The van der Waals surface area contributed by atoms with Crippen LogP contribution < -0.4 is 0 Å². The van der Waals surface area contributed by atoms with Crippen molar-refractivity contribution in [3.8, 4) is 0 Å². The molecule has 0 aromatic rings. The van der Waals surface area contributed by atoms with Gasteiger partial charge in [-0.25, -0.2) is 0 Å². The molecule has 0 spiro atoms. The van der Waals surface area contributed by atoms with Gasteiger partial charge >= 0.3 is 0 Å². The van der Waals surface area contributed by atoms with Gasteiger partial charge in [-0.1, -0.05) is 65.0 Å². The summed E-state index contributed by atoms with van der Waals surface area (Å²) in [7, 11) is 0. The van der Waals surface area contributed by atoms with E-state index in [1.165, 1.54) is 0 Å². The SMILES string of the molecule is CCCC[C@H](CC)/C(=N/O)[C@H](O)[C@@H](CC)CCCC. The Bertz CT molecular complexity index is 241. The van der Waals surface area contributed by atoms with E-state index in [-0.39, 0.29) is 11.8 Å². The second-order valence-corrected chi connectivity index (χ2v) is 5.53. The summed E-state index contributed by atoms with van der Waals surface area (Å²) in [5, 5.41) is 23.3. The van der Waals surface area contributed by atoms with Crippen LogP contribution in [0.25, 0.3) is 0 Å². The Morgan fingerprint density at radius 2 is 1.53 bits per heavy atom. The molecule has 0 aromatic heterocycles. The molecule has 0 radical (unpaired) electrons. The van der Waals surface area contributed by atoms with Crippen LogP contribution in [0.5, 0.6) is 0 Å². The topological polar surface area (TPSA) is 52.8 Å². The molecule has 0 fully saturated rings. The van der Waals surface area contributed by atoms with E-state index < -0.39 is 6.10 Å². The first-order valence-corrected chi connectivity index (χ1v) is 8.05. The third kappa shape index (κ3) is 6.42. The number of aliphatic hydroxyl groups excluding tert-OH is 1. The summed E-state index contributed by atoms with van der Waals surface area (Å²) in [5.41, 5.74) is 0.610. The van der Waals surface area contributed by atoms with E-state index >= 15 is 0 Å². The number of aliphatic hydroxyl groups is 1. The van der Waals surface area contributed by atoms with Crippen LogP contribution in [0.15, 0.2) is 5.16 Å². The predicted octanol–water partition coefficient (Wildman–Crippen LogP) is 4.61. The van der Waals surface area contributed by atoms with Crippen molar-refractivity contribution in [1.82, 2.24) is 0 Å². The molecule has 3 nitrogen and oxygen atoms in total. The molecule has 2 N–H and O–H groups in total. The van der Waals surface area contributed by atoms with Crippen LogP contribution in [0.3, 0.4) is 0 Å². The summed E-state index contributed by atoms with van der Waals surface area (Å²) in [6.07, 6.45) is 7.83. The molecule has 0 aliphatic rings. The highest BCUT2D eigenvalue weighted by Crippen LogP contribution is 2.24. The van der Waals surface area contributed by atoms with Crippen LogP contribution in [0, 0.1) is 11.8 Å². The molecular formula is C16H33NO2. The van der Waals surface area contributed by atoms with Crippen molar-refractivity contribution < 1.29 is 10.3 Å². The molecule has 0 amide bonds. The fraction of sp³-hybridized carbons (Fsp3) is 0.938. The van der Waals surface area contributed by atoms with Gasteiger partial charge in [-0.3, -0.25) is 0 Å². The highest BCUT2D eigenvalue weighted by atomic mass is 16.4. The lowest BCUT2D eigenvalue weighted by Crippen LogP contribution is -2.34. The third-order valence-corrected chi connectivity index (χ3v) is 4.14. The molecule has 114 valence electrons. The van der Waals surface area contributed by atoms with E-state index in [1.54, 1.807) is 0 Å².